The lowest BCUT2D eigenvalue weighted by Gasteiger charge is -2.30. The predicted molar refractivity (Wildman–Crippen MR) is 152 cm³/mol. The Morgan fingerprint density at radius 3 is 2.59 bits per heavy atom. The summed E-state index contributed by atoms with van der Waals surface area (Å²) in [5.41, 5.74) is 1.87. The van der Waals surface area contributed by atoms with E-state index in [4.69, 9.17) is 9.47 Å². The molecule has 0 spiro atoms. The summed E-state index contributed by atoms with van der Waals surface area (Å²) in [5, 5.41) is 0.745. The lowest BCUT2D eigenvalue weighted by atomic mass is 10.0. The van der Waals surface area contributed by atoms with Crippen molar-refractivity contribution in [3.05, 3.63) is 118 Å². The lowest BCUT2D eigenvalue weighted by Crippen LogP contribution is -2.37. The number of hydrogen-bond acceptors (Lipinski definition) is 6. The van der Waals surface area contributed by atoms with E-state index in [-0.39, 0.29) is 17.7 Å². The first-order valence-electron chi connectivity index (χ1n) is 13.0. The van der Waals surface area contributed by atoms with Crippen molar-refractivity contribution < 1.29 is 23.0 Å². The van der Waals surface area contributed by atoms with Gasteiger partial charge >= 0.3 is 0 Å². The molecule has 0 fully saturated rings. The Labute approximate surface area is 234 Å². The van der Waals surface area contributed by atoms with Gasteiger partial charge in [0.1, 0.15) is 18.2 Å². The molecule has 7 nitrogen and oxygen atoms in total. The zero-order valence-corrected chi connectivity index (χ0v) is 22.4. The topological polar surface area (TPSA) is 73.7 Å². The molecule has 6 rings (SSSR count). The van der Waals surface area contributed by atoms with Gasteiger partial charge in [0.25, 0.3) is 5.56 Å². The van der Waals surface area contributed by atoms with E-state index in [1.165, 1.54) is 47.0 Å². The molecule has 2 aromatic heterocycles. The van der Waals surface area contributed by atoms with E-state index in [2.05, 4.69) is 4.98 Å². The summed E-state index contributed by atoms with van der Waals surface area (Å²) in [4.78, 5) is 33.2. The minimum Gasteiger partial charge on any atom is -0.488 e. The van der Waals surface area contributed by atoms with Crippen LogP contribution in [0.2, 0.25) is 0 Å². The largest absolute Gasteiger partial charge is 0.488 e. The first-order valence-corrected chi connectivity index (χ1v) is 13.0. The average Bonchev–Trinajstić information content (AvgIpc) is 2.95. The number of Topliss-reactive ketones (excluding diaryl/α,β-unsaturated/α-hetero) is 1. The van der Waals surface area contributed by atoms with Crippen molar-refractivity contribution in [2.24, 2.45) is 0 Å². The van der Waals surface area contributed by atoms with E-state index in [9.17, 15) is 14.0 Å². The van der Waals surface area contributed by atoms with Crippen molar-refractivity contribution in [1.29, 1.82) is 0 Å². The van der Waals surface area contributed by atoms with Crippen LogP contribution in [0.15, 0.2) is 83.8 Å². The first kappa shape index (κ1) is 26.2. The highest BCUT2D eigenvalue weighted by atomic mass is 19.1. The molecule has 0 unspecified atom stereocenters. The first-order chi connectivity index (χ1) is 19.8. The van der Waals surface area contributed by atoms with Crippen LogP contribution in [0.4, 0.5) is 14.6 Å². The van der Waals surface area contributed by atoms with Crippen LogP contribution in [0.25, 0.3) is 16.6 Å². The number of aromatic nitrogens is 2. The number of likely N-dealkylation sites (N-methyl/N-ethyl adjacent to an activating group) is 1. The summed E-state index contributed by atoms with van der Waals surface area (Å²) in [6, 6.07) is 18.5. The molecule has 0 aliphatic carbocycles. The number of ether oxygens (including phenoxy) is 2. The zero-order valence-electron chi connectivity index (χ0n) is 22.4. The number of hydrogen-bond donors (Lipinski definition) is 0. The molecule has 3 heterocycles. The quantitative estimate of drug-likeness (QED) is 0.240. The Bertz CT molecular complexity index is 1870. The molecule has 0 saturated carbocycles. The van der Waals surface area contributed by atoms with Crippen LogP contribution in [-0.4, -0.2) is 35.5 Å². The van der Waals surface area contributed by atoms with Crippen LogP contribution >= 0.6 is 0 Å². The van der Waals surface area contributed by atoms with Gasteiger partial charge in [0.05, 0.1) is 23.3 Å². The van der Waals surface area contributed by atoms with Crippen LogP contribution in [-0.2, 0) is 6.42 Å². The van der Waals surface area contributed by atoms with Crippen molar-refractivity contribution in [3.8, 4) is 22.9 Å². The third-order valence-corrected chi connectivity index (χ3v) is 7.01. The molecule has 9 heteroatoms. The smallest absolute Gasteiger partial charge is 0.267 e. The third-order valence-electron chi connectivity index (χ3n) is 7.01. The number of fused-ring (bicyclic) bond motifs is 2. The second kappa shape index (κ2) is 10.5. The number of pyridine rings is 2. The van der Waals surface area contributed by atoms with Gasteiger partial charge in [-0.2, -0.15) is 0 Å². The monoisotopic (exact) mass is 553 g/mol. The zero-order chi connectivity index (χ0) is 28.7. The molecule has 206 valence electrons. The van der Waals surface area contributed by atoms with Crippen LogP contribution in [0.5, 0.6) is 17.2 Å². The Kier molecular flexibility index (Phi) is 6.70. The Morgan fingerprint density at radius 2 is 1.80 bits per heavy atom. The molecule has 0 atom stereocenters. The summed E-state index contributed by atoms with van der Waals surface area (Å²) >= 11 is 0. The van der Waals surface area contributed by atoms with E-state index in [1.807, 2.05) is 37.1 Å². The maximum absolute atomic E-state index is 15.1. The molecule has 1 aliphatic heterocycles. The molecule has 0 amide bonds. The number of benzene rings is 3. The fraction of sp³-hybridized carbons (Fsp3) is 0.156. The van der Waals surface area contributed by atoms with Crippen LogP contribution < -0.4 is 19.9 Å². The number of ketones is 1. The molecule has 0 saturated heterocycles. The molecule has 41 heavy (non-hydrogen) atoms. The van der Waals surface area contributed by atoms with Crippen molar-refractivity contribution >= 4 is 22.5 Å². The average molecular weight is 554 g/mol. The number of nitrogens with zero attached hydrogens (tertiary/aromatic N) is 3. The van der Waals surface area contributed by atoms with E-state index >= 15 is 4.39 Å². The molecule has 5 aromatic rings. The highest BCUT2D eigenvalue weighted by Gasteiger charge is 2.26. The Morgan fingerprint density at radius 1 is 1.00 bits per heavy atom. The SMILES string of the molecule is Cc1ccc2c(Oc3ccc(CC(=O)c4cc5c(n(-c6ccc(F)cc6)c4=O)N(C)CCO5)cc3F)ccnc2c1. The van der Waals surface area contributed by atoms with Crippen LogP contribution in [0, 0.1) is 18.6 Å². The van der Waals surface area contributed by atoms with Crippen molar-refractivity contribution in [2.45, 2.75) is 13.3 Å². The lowest BCUT2D eigenvalue weighted by molar-refractivity contribution is 0.0990. The van der Waals surface area contributed by atoms with E-state index < -0.39 is 23.0 Å². The number of carbonyl (C=O) groups excluding carboxylic acids is 1. The number of rotatable bonds is 6. The molecule has 1 aliphatic rings. The minimum absolute atomic E-state index is 0.00171. The van der Waals surface area contributed by atoms with Gasteiger partial charge in [-0.15, -0.1) is 0 Å². The van der Waals surface area contributed by atoms with Crippen LogP contribution in [0.3, 0.4) is 0 Å². The summed E-state index contributed by atoms with van der Waals surface area (Å²) in [6.07, 6.45) is 1.38. The number of anilines is 1. The fourth-order valence-corrected chi connectivity index (χ4v) is 4.93. The number of aryl methyl sites for hydroxylation is 1. The van der Waals surface area contributed by atoms with Gasteiger partial charge in [-0.3, -0.25) is 19.1 Å². The summed E-state index contributed by atoms with van der Waals surface area (Å²) in [7, 11) is 1.81. The van der Waals surface area contributed by atoms with Gasteiger partial charge in [-0.05, 0) is 72.6 Å². The number of halogens is 2. The highest BCUT2D eigenvalue weighted by Crippen LogP contribution is 2.34. The predicted octanol–water partition coefficient (Wildman–Crippen LogP) is 6.02. The van der Waals surface area contributed by atoms with Gasteiger partial charge < -0.3 is 14.4 Å². The van der Waals surface area contributed by atoms with Gasteiger partial charge in [0, 0.05) is 31.1 Å². The van der Waals surface area contributed by atoms with Crippen molar-refractivity contribution in [1.82, 2.24) is 9.55 Å². The standard InChI is InChI=1S/C32H25F2N3O4/c1-19-3-9-23-26(15-19)35-12-11-28(23)41-29-10-4-20(16-25(29)34)17-27(38)24-18-30-31(36(2)13-14-40-30)37(32(24)39)22-7-5-21(33)6-8-22/h3-12,15-16,18H,13-14,17H2,1-2H3. The molecule has 0 N–H and O–H groups in total. The Balaban J connectivity index is 1.30. The fourth-order valence-electron chi connectivity index (χ4n) is 4.93. The van der Waals surface area contributed by atoms with E-state index in [0.717, 1.165) is 16.5 Å². The maximum Gasteiger partial charge on any atom is 0.267 e. The highest BCUT2D eigenvalue weighted by molar-refractivity contribution is 5.98. The second-order valence-corrected chi connectivity index (χ2v) is 9.93. The van der Waals surface area contributed by atoms with Crippen molar-refractivity contribution in [3.63, 3.8) is 0 Å². The molecular weight excluding hydrogens is 528 g/mol. The molecule has 3 aromatic carbocycles. The van der Waals surface area contributed by atoms with E-state index in [1.54, 1.807) is 18.3 Å². The normalized spacial score (nSPS) is 12.6. The molecular formula is C32H25F2N3O4. The van der Waals surface area contributed by atoms with Gasteiger partial charge in [0.2, 0.25) is 0 Å². The third kappa shape index (κ3) is 5.02. The maximum atomic E-state index is 15.1. The summed E-state index contributed by atoms with van der Waals surface area (Å²) in [5.74, 6) is -0.317. The summed E-state index contributed by atoms with van der Waals surface area (Å²) < 4.78 is 41.8. The molecule has 0 radical (unpaired) electrons. The van der Waals surface area contributed by atoms with E-state index in [0.29, 0.717) is 41.7 Å². The summed E-state index contributed by atoms with van der Waals surface area (Å²) in [6.45, 7) is 2.86. The van der Waals surface area contributed by atoms with Gasteiger partial charge in [-0.1, -0.05) is 12.1 Å². The van der Waals surface area contributed by atoms with Crippen LogP contribution in [0.1, 0.15) is 21.5 Å². The minimum atomic E-state index is -0.647. The van der Waals surface area contributed by atoms with Gasteiger partial charge in [-0.25, -0.2) is 8.78 Å². The van der Waals surface area contributed by atoms with Gasteiger partial charge in [0.15, 0.2) is 28.9 Å². The second-order valence-electron chi connectivity index (χ2n) is 9.93. The molecule has 0 bridgehead atoms. The number of carbonyl (C=O) groups is 1. The van der Waals surface area contributed by atoms with Crippen molar-refractivity contribution in [2.75, 3.05) is 25.1 Å². The Hall–Kier alpha value is -5.05.